The lowest BCUT2D eigenvalue weighted by molar-refractivity contribution is -0.392. The first-order valence-corrected chi connectivity index (χ1v) is 8.32. The predicted octanol–water partition coefficient (Wildman–Crippen LogP) is 6.85. The van der Waals surface area contributed by atoms with E-state index >= 15 is 0 Å². The van der Waals surface area contributed by atoms with E-state index in [4.69, 9.17) is 4.74 Å². The molecule has 0 aliphatic rings. The molecule has 0 atom stereocenters. The summed E-state index contributed by atoms with van der Waals surface area (Å²) in [4.78, 5) is 11.4. The van der Waals surface area contributed by atoms with Crippen LogP contribution in [0.1, 0.15) is 13.8 Å². The van der Waals surface area contributed by atoms with Crippen molar-refractivity contribution in [1.29, 1.82) is 0 Å². The van der Waals surface area contributed by atoms with Crippen molar-refractivity contribution in [2.45, 2.75) is 37.8 Å². The molecule has 0 aliphatic heterocycles. The highest BCUT2D eigenvalue weighted by Gasteiger charge is 2.83. The van der Waals surface area contributed by atoms with Gasteiger partial charge in [-0.1, -0.05) is 13.8 Å². The van der Waals surface area contributed by atoms with E-state index in [1.807, 2.05) is 0 Å². The zero-order valence-corrected chi connectivity index (χ0v) is 16.0. The maximum atomic E-state index is 13.5. The minimum Gasteiger partial charge on any atom is -0.449 e. The molecule has 0 aliphatic carbocycles. The van der Waals surface area contributed by atoms with Gasteiger partial charge in [-0.2, -0.15) is 48.3 Å². The van der Waals surface area contributed by atoms with Gasteiger partial charge in [-0.15, -0.1) is 0 Å². The van der Waals surface area contributed by atoms with Gasteiger partial charge in [-0.05, 0) is 30.2 Å². The quantitative estimate of drug-likeness (QED) is 0.321. The van der Waals surface area contributed by atoms with E-state index < -0.39 is 47.6 Å². The Bertz CT molecular complexity index is 833. The third kappa shape index (κ3) is 5.73. The number of alkyl halides is 9. The van der Waals surface area contributed by atoms with Crippen LogP contribution in [0.25, 0.3) is 0 Å². The Hall–Kier alpha value is -2.74. The molecule has 0 saturated carbocycles. The third-order valence-corrected chi connectivity index (χ3v) is 3.45. The molecule has 1 N–H and O–H groups in total. The van der Waals surface area contributed by atoms with E-state index in [-0.39, 0.29) is 18.2 Å². The van der Waals surface area contributed by atoms with Gasteiger partial charge in [-0.25, -0.2) is 4.79 Å². The lowest BCUT2D eigenvalue weighted by Gasteiger charge is -2.32. The van der Waals surface area contributed by atoms with Crippen molar-refractivity contribution in [2.24, 2.45) is 5.92 Å². The summed E-state index contributed by atoms with van der Waals surface area (Å²) in [6.45, 7) is 3.53. The first-order chi connectivity index (χ1) is 14.3. The van der Waals surface area contributed by atoms with Crippen LogP contribution in [-0.2, 0) is 4.74 Å². The van der Waals surface area contributed by atoms with Crippen molar-refractivity contribution < 1.29 is 62.6 Å². The maximum Gasteiger partial charge on any atom is 0.460 e. The Morgan fingerprint density at radius 1 is 0.906 bits per heavy atom. The highest BCUT2D eigenvalue weighted by molar-refractivity contribution is 5.84. The number of benzene rings is 1. The summed E-state index contributed by atoms with van der Waals surface area (Å²) in [6, 6.07) is 0.0742. The van der Waals surface area contributed by atoms with Gasteiger partial charge in [0, 0.05) is 5.69 Å². The second-order valence-electron chi connectivity index (χ2n) is 6.55. The lowest BCUT2D eigenvalue weighted by atomic mass is 10.0. The first kappa shape index (κ1) is 27.3. The molecule has 0 fully saturated rings. The summed E-state index contributed by atoms with van der Waals surface area (Å²) >= 11 is 0. The molecule has 0 bridgehead atoms. The number of hydrogen-bond donors (Lipinski definition) is 1. The number of nitrogens with one attached hydrogen (secondary N) is 1. The van der Waals surface area contributed by atoms with Gasteiger partial charge in [-0.3, -0.25) is 5.32 Å². The molecule has 4 nitrogen and oxygen atoms in total. The van der Waals surface area contributed by atoms with Gasteiger partial charge in [0.1, 0.15) is 5.75 Å². The number of carbonyl (C=O) groups is 1. The van der Waals surface area contributed by atoms with E-state index in [0.29, 0.717) is 12.1 Å². The minimum atomic E-state index is -7.40. The van der Waals surface area contributed by atoms with E-state index in [1.165, 1.54) is 0 Å². The normalized spacial score (nSPS) is 14.2. The molecular weight excluding hydrogens is 475 g/mol. The second kappa shape index (κ2) is 9.40. The van der Waals surface area contributed by atoms with Crippen molar-refractivity contribution >= 4 is 11.8 Å². The van der Waals surface area contributed by atoms with Crippen LogP contribution in [0, 0.1) is 5.92 Å². The zero-order chi connectivity index (χ0) is 25.1. The van der Waals surface area contributed by atoms with Gasteiger partial charge in [0.05, 0.1) is 6.61 Å². The highest BCUT2D eigenvalue weighted by Crippen LogP contribution is 2.55. The van der Waals surface area contributed by atoms with E-state index in [2.05, 4.69) is 10.1 Å². The summed E-state index contributed by atoms with van der Waals surface area (Å²) in [5.74, 6) is -26.6. The molecule has 0 heterocycles. The third-order valence-electron chi connectivity index (χ3n) is 3.45. The fourth-order valence-electron chi connectivity index (χ4n) is 1.79. The summed E-state index contributed by atoms with van der Waals surface area (Å²) in [7, 11) is 0. The predicted molar refractivity (Wildman–Crippen MR) is 87.0 cm³/mol. The van der Waals surface area contributed by atoms with Crippen LogP contribution in [0.4, 0.5) is 58.8 Å². The standard InChI is InChI=1S/C17H14F11NO3/c1-8(2)7-31-13(30)29-9-3-5-10(6-4-9)32-12(19)11(18)14(20,21)15(22,23)16(24,25)17(26,27)28/h3-6,8H,7H2,1-2H3,(H,29,30). The number of halogens is 11. The number of hydrogen-bond acceptors (Lipinski definition) is 3. The first-order valence-electron chi connectivity index (χ1n) is 8.32. The van der Waals surface area contributed by atoms with Crippen molar-refractivity contribution in [3.05, 3.63) is 36.1 Å². The topological polar surface area (TPSA) is 47.6 Å². The summed E-state index contributed by atoms with van der Waals surface area (Å²) in [5, 5.41) is 2.17. The summed E-state index contributed by atoms with van der Waals surface area (Å²) in [6.07, 6.45) is -8.12. The average Bonchev–Trinajstić information content (AvgIpc) is 2.66. The van der Waals surface area contributed by atoms with Crippen LogP contribution in [-0.4, -0.2) is 36.6 Å². The molecule has 1 aromatic rings. The number of anilines is 1. The fourth-order valence-corrected chi connectivity index (χ4v) is 1.79. The number of carbonyl (C=O) groups excluding carboxylic acids is 1. The monoisotopic (exact) mass is 489 g/mol. The van der Waals surface area contributed by atoms with E-state index in [9.17, 15) is 53.1 Å². The fraction of sp³-hybridized carbons (Fsp3) is 0.471. The van der Waals surface area contributed by atoms with Crippen LogP contribution >= 0.6 is 0 Å². The van der Waals surface area contributed by atoms with Gasteiger partial charge in [0.15, 0.2) is 0 Å². The lowest BCUT2D eigenvalue weighted by Crippen LogP contribution is -2.61. The van der Waals surface area contributed by atoms with Crippen molar-refractivity contribution in [3.8, 4) is 5.75 Å². The van der Waals surface area contributed by atoms with Crippen LogP contribution in [0.2, 0.25) is 0 Å². The molecule has 0 unspecified atom stereocenters. The molecule has 15 heteroatoms. The molecular formula is C17H14F11NO3. The molecule has 0 aromatic heterocycles. The Balaban J connectivity index is 3.03. The van der Waals surface area contributed by atoms with Crippen LogP contribution in [0.3, 0.4) is 0 Å². The Morgan fingerprint density at radius 2 is 1.41 bits per heavy atom. The van der Waals surface area contributed by atoms with Gasteiger partial charge in [0.2, 0.25) is 5.83 Å². The highest BCUT2D eigenvalue weighted by atomic mass is 19.4. The SMILES string of the molecule is CC(C)COC(=O)Nc1ccc(OC(F)=C(F)C(F)(F)C(F)(F)C(F)(F)C(F)(F)F)cc1. The van der Waals surface area contributed by atoms with E-state index in [1.54, 1.807) is 13.8 Å². The molecule has 0 spiro atoms. The van der Waals surface area contributed by atoms with Gasteiger partial charge in [0.25, 0.3) is 0 Å². The minimum absolute atomic E-state index is 0.00257. The number of rotatable bonds is 8. The molecule has 182 valence electrons. The summed E-state index contributed by atoms with van der Waals surface area (Å²) < 4.78 is 150. The van der Waals surface area contributed by atoms with Crippen molar-refractivity contribution in [1.82, 2.24) is 0 Å². The molecule has 1 aromatic carbocycles. The molecule has 1 amide bonds. The Labute approximate surface area is 173 Å². The number of amides is 1. The largest absolute Gasteiger partial charge is 0.460 e. The molecule has 1 rings (SSSR count). The molecule has 0 saturated heterocycles. The summed E-state index contributed by atoms with van der Waals surface area (Å²) in [5.41, 5.74) is -0.0300. The second-order valence-corrected chi connectivity index (χ2v) is 6.55. The van der Waals surface area contributed by atoms with Gasteiger partial charge >= 0.3 is 36.1 Å². The van der Waals surface area contributed by atoms with Crippen molar-refractivity contribution in [2.75, 3.05) is 11.9 Å². The smallest absolute Gasteiger partial charge is 0.449 e. The number of ether oxygens (including phenoxy) is 2. The number of allylic oxidation sites excluding steroid dienone is 1. The van der Waals surface area contributed by atoms with Crippen molar-refractivity contribution in [3.63, 3.8) is 0 Å². The molecule has 32 heavy (non-hydrogen) atoms. The molecule has 0 radical (unpaired) electrons. The van der Waals surface area contributed by atoms with E-state index in [0.717, 1.165) is 12.1 Å². The Kier molecular flexibility index (Phi) is 8.02. The Morgan fingerprint density at radius 3 is 1.84 bits per heavy atom. The van der Waals surface area contributed by atoms with Crippen LogP contribution in [0.5, 0.6) is 5.75 Å². The van der Waals surface area contributed by atoms with Gasteiger partial charge < -0.3 is 9.47 Å². The van der Waals surface area contributed by atoms with Crippen LogP contribution < -0.4 is 10.1 Å². The maximum absolute atomic E-state index is 13.5. The average molecular weight is 489 g/mol. The van der Waals surface area contributed by atoms with Crippen LogP contribution in [0.15, 0.2) is 36.1 Å². The zero-order valence-electron chi connectivity index (χ0n) is 16.0.